The Morgan fingerprint density at radius 1 is 1.33 bits per heavy atom. The summed E-state index contributed by atoms with van der Waals surface area (Å²) in [5.41, 5.74) is 4.92. The van der Waals surface area contributed by atoms with Crippen molar-refractivity contribution in [1.29, 1.82) is 0 Å². The first-order valence-electron chi connectivity index (χ1n) is 9.42. The lowest BCUT2D eigenvalue weighted by atomic mass is 9.96. The van der Waals surface area contributed by atoms with E-state index in [1.54, 1.807) is 11.3 Å². The molecular weight excluding hydrogens is 378 g/mol. The standard InChI is InChI=1S/C22H26ClNO2S/c1-15-9-12-27-21(15)20(19-8-7-18(23)13-16(19)2)6-4-11-24-10-3-5-17(14-24)22(25)26/h6-9,12-13,17H,3-5,10-11,14H2,1-2H3,(H,25,26)/b20-6-/t17-/m1/s1. The molecule has 1 saturated heterocycles. The number of likely N-dealkylation sites (tertiary alicyclic amines) is 1. The molecule has 1 aromatic carbocycles. The van der Waals surface area contributed by atoms with Crippen LogP contribution in [0.1, 0.15) is 40.8 Å². The molecule has 1 N–H and O–H groups in total. The molecule has 1 aromatic heterocycles. The molecule has 5 heteroatoms. The van der Waals surface area contributed by atoms with E-state index < -0.39 is 5.97 Å². The highest BCUT2D eigenvalue weighted by Gasteiger charge is 2.24. The summed E-state index contributed by atoms with van der Waals surface area (Å²) in [5, 5.41) is 12.2. The summed E-state index contributed by atoms with van der Waals surface area (Å²) in [6, 6.07) is 8.21. The van der Waals surface area contributed by atoms with Crippen LogP contribution < -0.4 is 0 Å². The van der Waals surface area contributed by atoms with Gasteiger partial charge in [0.05, 0.1) is 5.92 Å². The number of aryl methyl sites for hydroxylation is 2. The molecule has 0 bridgehead atoms. The summed E-state index contributed by atoms with van der Waals surface area (Å²) in [5.74, 6) is -0.887. The summed E-state index contributed by atoms with van der Waals surface area (Å²) in [6.45, 7) is 6.79. The van der Waals surface area contributed by atoms with E-state index in [9.17, 15) is 9.90 Å². The number of nitrogens with zero attached hydrogens (tertiary/aromatic N) is 1. The van der Waals surface area contributed by atoms with Gasteiger partial charge in [-0.25, -0.2) is 0 Å². The molecule has 1 fully saturated rings. The lowest BCUT2D eigenvalue weighted by Gasteiger charge is -2.30. The van der Waals surface area contributed by atoms with Gasteiger partial charge in [0, 0.05) is 23.0 Å². The quantitative estimate of drug-likeness (QED) is 0.678. The molecule has 1 aliphatic rings. The second-order valence-electron chi connectivity index (χ2n) is 7.28. The maximum atomic E-state index is 11.3. The third-order valence-corrected chi connectivity index (χ3v) is 6.52. The predicted molar refractivity (Wildman–Crippen MR) is 114 cm³/mol. The minimum Gasteiger partial charge on any atom is -0.481 e. The van der Waals surface area contributed by atoms with Gasteiger partial charge < -0.3 is 10.0 Å². The van der Waals surface area contributed by atoms with Crippen LogP contribution in [-0.2, 0) is 4.79 Å². The van der Waals surface area contributed by atoms with E-state index in [1.807, 2.05) is 12.1 Å². The minimum atomic E-state index is -0.665. The summed E-state index contributed by atoms with van der Waals surface area (Å²) < 4.78 is 0. The number of piperidine rings is 1. The van der Waals surface area contributed by atoms with Gasteiger partial charge >= 0.3 is 5.97 Å². The number of aliphatic carboxylic acids is 1. The molecule has 0 unspecified atom stereocenters. The zero-order chi connectivity index (χ0) is 19.4. The van der Waals surface area contributed by atoms with Gasteiger partial charge in [0.15, 0.2) is 0 Å². The second kappa shape index (κ2) is 9.05. The number of carboxylic acid groups (broad SMARTS) is 1. The van der Waals surface area contributed by atoms with Gasteiger partial charge in [0.1, 0.15) is 0 Å². The average Bonchev–Trinajstić information content (AvgIpc) is 3.05. The molecule has 3 nitrogen and oxygen atoms in total. The number of rotatable bonds is 6. The van der Waals surface area contributed by atoms with Crippen LogP contribution in [0.15, 0.2) is 35.7 Å². The van der Waals surface area contributed by atoms with Crippen molar-refractivity contribution in [3.05, 3.63) is 62.3 Å². The number of hydrogen-bond acceptors (Lipinski definition) is 3. The number of thiophene rings is 1. The van der Waals surface area contributed by atoms with Crippen molar-refractivity contribution in [2.75, 3.05) is 19.6 Å². The molecule has 0 radical (unpaired) electrons. The van der Waals surface area contributed by atoms with Gasteiger partial charge in [0.2, 0.25) is 0 Å². The Kier molecular flexibility index (Phi) is 6.74. The predicted octanol–water partition coefficient (Wildman–Crippen LogP) is 5.64. The second-order valence-corrected chi connectivity index (χ2v) is 8.63. The zero-order valence-electron chi connectivity index (χ0n) is 15.9. The van der Waals surface area contributed by atoms with Gasteiger partial charge in [0.25, 0.3) is 0 Å². The Bertz CT molecular complexity index is 843. The third kappa shape index (κ3) is 5.01. The zero-order valence-corrected chi connectivity index (χ0v) is 17.4. The Morgan fingerprint density at radius 2 is 2.15 bits per heavy atom. The molecule has 27 heavy (non-hydrogen) atoms. The lowest BCUT2D eigenvalue weighted by molar-refractivity contribution is -0.143. The van der Waals surface area contributed by atoms with E-state index in [2.05, 4.69) is 42.3 Å². The smallest absolute Gasteiger partial charge is 0.307 e. The van der Waals surface area contributed by atoms with Gasteiger partial charge in [-0.1, -0.05) is 23.7 Å². The van der Waals surface area contributed by atoms with E-state index in [4.69, 9.17) is 11.6 Å². The normalized spacial score (nSPS) is 18.6. The van der Waals surface area contributed by atoms with Crippen molar-refractivity contribution in [2.24, 2.45) is 5.92 Å². The van der Waals surface area contributed by atoms with Gasteiger partial charge in [-0.3, -0.25) is 4.79 Å². The van der Waals surface area contributed by atoms with E-state index in [0.29, 0.717) is 6.54 Å². The fraction of sp³-hybridized carbons (Fsp3) is 0.409. The molecule has 0 aliphatic carbocycles. The average molecular weight is 404 g/mol. The van der Waals surface area contributed by atoms with Crippen LogP contribution in [0, 0.1) is 19.8 Å². The van der Waals surface area contributed by atoms with Crippen molar-refractivity contribution in [1.82, 2.24) is 4.90 Å². The van der Waals surface area contributed by atoms with Crippen molar-refractivity contribution < 1.29 is 9.90 Å². The highest BCUT2D eigenvalue weighted by atomic mass is 35.5. The number of carbonyl (C=O) groups is 1. The van der Waals surface area contributed by atoms with Crippen molar-refractivity contribution >= 4 is 34.5 Å². The lowest BCUT2D eigenvalue weighted by Crippen LogP contribution is -2.39. The van der Waals surface area contributed by atoms with Crippen molar-refractivity contribution in [2.45, 2.75) is 33.1 Å². The van der Waals surface area contributed by atoms with Crippen LogP contribution in [0.3, 0.4) is 0 Å². The third-order valence-electron chi connectivity index (χ3n) is 5.23. The first-order chi connectivity index (χ1) is 13.0. The topological polar surface area (TPSA) is 40.5 Å². The Morgan fingerprint density at radius 3 is 2.81 bits per heavy atom. The van der Waals surface area contributed by atoms with Crippen molar-refractivity contribution in [3.8, 4) is 0 Å². The molecule has 2 aromatic rings. The summed E-state index contributed by atoms with van der Waals surface area (Å²) in [6.07, 6.45) is 4.97. The highest BCUT2D eigenvalue weighted by Crippen LogP contribution is 2.33. The first-order valence-corrected chi connectivity index (χ1v) is 10.7. The fourth-order valence-corrected chi connectivity index (χ4v) is 4.96. The van der Waals surface area contributed by atoms with Crippen LogP contribution in [0.4, 0.5) is 0 Å². The van der Waals surface area contributed by atoms with Crippen LogP contribution in [0.2, 0.25) is 5.02 Å². The molecule has 0 spiro atoms. The van der Waals surface area contributed by atoms with E-state index in [-0.39, 0.29) is 5.92 Å². The molecule has 1 aliphatic heterocycles. The molecule has 0 amide bonds. The monoisotopic (exact) mass is 403 g/mol. The van der Waals surface area contributed by atoms with Crippen molar-refractivity contribution in [3.63, 3.8) is 0 Å². The fourth-order valence-electron chi connectivity index (χ4n) is 3.75. The molecule has 0 saturated carbocycles. The summed E-state index contributed by atoms with van der Waals surface area (Å²) in [7, 11) is 0. The maximum absolute atomic E-state index is 11.3. The Labute approximate surface area is 170 Å². The number of benzene rings is 1. The Hall–Kier alpha value is -1.62. The number of halogens is 1. The van der Waals surface area contributed by atoms with Gasteiger partial charge in [-0.2, -0.15) is 0 Å². The largest absolute Gasteiger partial charge is 0.481 e. The highest BCUT2D eigenvalue weighted by molar-refractivity contribution is 7.11. The molecule has 1 atom stereocenters. The number of hydrogen-bond donors (Lipinski definition) is 1. The number of carboxylic acids is 1. The van der Waals surface area contributed by atoms with Crippen LogP contribution >= 0.6 is 22.9 Å². The van der Waals surface area contributed by atoms with Gasteiger partial charge in [-0.15, -0.1) is 11.3 Å². The maximum Gasteiger partial charge on any atom is 0.307 e. The first kappa shape index (κ1) is 20.1. The van der Waals surface area contributed by atoms with E-state index in [1.165, 1.54) is 27.1 Å². The molecule has 2 heterocycles. The SMILES string of the molecule is Cc1cc(Cl)ccc1/C(=C/CCN1CCC[C@@H](C(=O)O)C1)c1sccc1C. The van der Waals surface area contributed by atoms with Crippen LogP contribution in [0.5, 0.6) is 0 Å². The Balaban J connectivity index is 1.79. The summed E-state index contributed by atoms with van der Waals surface area (Å²) in [4.78, 5) is 14.9. The van der Waals surface area contributed by atoms with E-state index in [0.717, 1.165) is 37.4 Å². The molecular formula is C22H26ClNO2S. The van der Waals surface area contributed by atoms with Crippen LogP contribution in [-0.4, -0.2) is 35.6 Å². The van der Waals surface area contributed by atoms with E-state index >= 15 is 0 Å². The van der Waals surface area contributed by atoms with Gasteiger partial charge in [-0.05, 0) is 85.5 Å². The summed E-state index contributed by atoms with van der Waals surface area (Å²) >= 11 is 7.91. The van der Waals surface area contributed by atoms with Crippen LogP contribution in [0.25, 0.3) is 5.57 Å². The molecule has 144 valence electrons. The minimum absolute atomic E-state index is 0.222. The molecule has 3 rings (SSSR count).